The van der Waals surface area contributed by atoms with E-state index in [0.29, 0.717) is 6.04 Å². The van der Waals surface area contributed by atoms with Crippen molar-refractivity contribution < 1.29 is 4.74 Å². The average molecular weight is 247 g/mol. The molecule has 2 rings (SSSR count). The van der Waals surface area contributed by atoms with Gasteiger partial charge in [-0.2, -0.15) is 0 Å². The van der Waals surface area contributed by atoms with E-state index in [1.54, 1.807) is 0 Å². The molecule has 2 nitrogen and oxygen atoms in total. The first-order valence-electron chi connectivity index (χ1n) is 6.77. The van der Waals surface area contributed by atoms with Crippen LogP contribution in [0.1, 0.15) is 49.1 Å². The molecule has 0 saturated carbocycles. The molecule has 0 aliphatic carbocycles. The first-order valence-corrected chi connectivity index (χ1v) is 6.77. The normalized spacial score (nSPS) is 27.2. The number of hydrogen-bond acceptors (Lipinski definition) is 2. The number of hydrogen-bond donors (Lipinski definition) is 1. The number of rotatable bonds is 1. The Balaban J connectivity index is 2.33. The third-order valence-corrected chi connectivity index (χ3v) is 3.72. The predicted octanol–water partition coefficient (Wildman–Crippen LogP) is 3.44. The average Bonchev–Trinajstić information content (AvgIpc) is 2.18. The van der Waals surface area contributed by atoms with Gasteiger partial charge in [-0.1, -0.05) is 17.7 Å². The highest BCUT2D eigenvalue weighted by atomic mass is 16.5. The molecule has 2 unspecified atom stereocenters. The van der Waals surface area contributed by atoms with E-state index in [2.05, 4.69) is 59.0 Å². The van der Waals surface area contributed by atoms with E-state index >= 15 is 0 Å². The van der Waals surface area contributed by atoms with E-state index in [0.717, 1.165) is 6.61 Å². The van der Waals surface area contributed by atoms with Crippen molar-refractivity contribution in [2.24, 2.45) is 0 Å². The number of morpholine rings is 1. The van der Waals surface area contributed by atoms with Gasteiger partial charge >= 0.3 is 0 Å². The highest BCUT2D eigenvalue weighted by Gasteiger charge is 2.34. The molecular formula is C16H25NO. The molecule has 1 N–H and O–H groups in total. The summed E-state index contributed by atoms with van der Waals surface area (Å²) in [5.41, 5.74) is 5.43. The zero-order valence-corrected chi connectivity index (χ0v) is 12.4. The molecule has 1 aliphatic heterocycles. The van der Waals surface area contributed by atoms with Gasteiger partial charge in [0.15, 0.2) is 0 Å². The molecule has 2 atom stereocenters. The molecule has 0 radical (unpaired) electrons. The van der Waals surface area contributed by atoms with Crippen LogP contribution >= 0.6 is 0 Å². The summed E-state index contributed by atoms with van der Waals surface area (Å²) in [4.78, 5) is 0. The molecule has 0 aromatic heterocycles. The van der Waals surface area contributed by atoms with Crippen LogP contribution < -0.4 is 5.32 Å². The van der Waals surface area contributed by atoms with E-state index < -0.39 is 0 Å². The van der Waals surface area contributed by atoms with Crippen LogP contribution in [0.25, 0.3) is 0 Å². The van der Waals surface area contributed by atoms with Crippen LogP contribution in [0.2, 0.25) is 0 Å². The van der Waals surface area contributed by atoms with E-state index in [-0.39, 0.29) is 11.6 Å². The highest BCUT2D eigenvalue weighted by Crippen LogP contribution is 2.33. The first-order chi connectivity index (χ1) is 8.30. The van der Waals surface area contributed by atoms with Gasteiger partial charge in [0, 0.05) is 11.6 Å². The van der Waals surface area contributed by atoms with Crippen molar-refractivity contribution in [1.82, 2.24) is 5.32 Å². The summed E-state index contributed by atoms with van der Waals surface area (Å²) < 4.78 is 6.13. The van der Waals surface area contributed by atoms with E-state index in [1.807, 2.05) is 0 Å². The Morgan fingerprint density at radius 2 is 1.72 bits per heavy atom. The summed E-state index contributed by atoms with van der Waals surface area (Å²) in [5.74, 6) is 0. The standard InChI is InChI=1S/C16H25NO/c1-10-7-11(2)14(12(3)8-10)15-13(4)17-16(5,6)9-18-15/h7-8,13,15,17H,9H2,1-6H3. The lowest BCUT2D eigenvalue weighted by Crippen LogP contribution is -2.55. The number of aryl methyl sites for hydroxylation is 3. The molecule has 1 aromatic rings. The van der Waals surface area contributed by atoms with Gasteiger partial charge < -0.3 is 10.1 Å². The van der Waals surface area contributed by atoms with Gasteiger partial charge in [0.25, 0.3) is 0 Å². The third kappa shape index (κ3) is 2.60. The van der Waals surface area contributed by atoms with Crippen LogP contribution in [-0.2, 0) is 4.74 Å². The lowest BCUT2D eigenvalue weighted by atomic mass is 9.89. The lowest BCUT2D eigenvalue weighted by molar-refractivity contribution is -0.0501. The van der Waals surface area contributed by atoms with Crippen LogP contribution in [0, 0.1) is 20.8 Å². The molecule has 2 heteroatoms. The van der Waals surface area contributed by atoms with Gasteiger partial charge in [-0.05, 0) is 58.2 Å². The number of benzene rings is 1. The maximum atomic E-state index is 6.13. The third-order valence-electron chi connectivity index (χ3n) is 3.72. The molecule has 1 aromatic carbocycles. The molecular weight excluding hydrogens is 222 g/mol. The zero-order valence-electron chi connectivity index (χ0n) is 12.4. The van der Waals surface area contributed by atoms with Crippen LogP contribution in [0.3, 0.4) is 0 Å². The van der Waals surface area contributed by atoms with Crippen molar-refractivity contribution in [3.63, 3.8) is 0 Å². The van der Waals surface area contributed by atoms with Crippen molar-refractivity contribution in [2.45, 2.75) is 59.2 Å². The fourth-order valence-corrected chi connectivity index (χ4v) is 3.15. The van der Waals surface area contributed by atoms with Crippen molar-refractivity contribution in [3.8, 4) is 0 Å². The van der Waals surface area contributed by atoms with E-state index in [9.17, 15) is 0 Å². The summed E-state index contributed by atoms with van der Waals surface area (Å²) in [7, 11) is 0. The quantitative estimate of drug-likeness (QED) is 0.821. The van der Waals surface area contributed by atoms with Gasteiger partial charge in [-0.3, -0.25) is 0 Å². The largest absolute Gasteiger partial charge is 0.370 e. The summed E-state index contributed by atoms with van der Waals surface area (Å²) in [5, 5.41) is 3.65. The van der Waals surface area contributed by atoms with Crippen LogP contribution in [-0.4, -0.2) is 18.2 Å². The van der Waals surface area contributed by atoms with Crippen molar-refractivity contribution in [1.29, 1.82) is 0 Å². The van der Waals surface area contributed by atoms with Crippen molar-refractivity contribution in [2.75, 3.05) is 6.61 Å². The topological polar surface area (TPSA) is 21.3 Å². The highest BCUT2D eigenvalue weighted by molar-refractivity contribution is 5.40. The maximum Gasteiger partial charge on any atom is 0.0981 e. The molecule has 1 aliphatic rings. The Bertz CT molecular complexity index is 427. The smallest absolute Gasteiger partial charge is 0.0981 e. The Kier molecular flexibility index (Phi) is 3.52. The minimum absolute atomic E-state index is 0.0718. The van der Waals surface area contributed by atoms with E-state index in [4.69, 9.17) is 4.74 Å². The Morgan fingerprint density at radius 1 is 1.17 bits per heavy atom. The van der Waals surface area contributed by atoms with Crippen LogP contribution in [0.15, 0.2) is 12.1 Å². The molecule has 1 saturated heterocycles. The van der Waals surface area contributed by atoms with Crippen LogP contribution in [0.5, 0.6) is 0 Å². The minimum Gasteiger partial charge on any atom is -0.370 e. The molecule has 100 valence electrons. The van der Waals surface area contributed by atoms with Gasteiger partial charge in [-0.25, -0.2) is 0 Å². The number of nitrogens with one attached hydrogen (secondary N) is 1. The Hall–Kier alpha value is -0.860. The van der Waals surface area contributed by atoms with Crippen molar-refractivity contribution >= 4 is 0 Å². The molecule has 1 heterocycles. The maximum absolute atomic E-state index is 6.13. The lowest BCUT2D eigenvalue weighted by Gasteiger charge is -2.41. The number of ether oxygens (including phenoxy) is 1. The molecule has 0 spiro atoms. The van der Waals surface area contributed by atoms with Gasteiger partial charge in [0.2, 0.25) is 0 Å². The summed E-state index contributed by atoms with van der Waals surface area (Å²) in [6.45, 7) is 13.9. The summed E-state index contributed by atoms with van der Waals surface area (Å²) >= 11 is 0. The fourth-order valence-electron chi connectivity index (χ4n) is 3.15. The monoisotopic (exact) mass is 247 g/mol. The van der Waals surface area contributed by atoms with Gasteiger partial charge in [-0.15, -0.1) is 0 Å². The molecule has 0 amide bonds. The molecule has 1 fully saturated rings. The second-order valence-corrected chi connectivity index (χ2v) is 6.36. The Labute approximate surface area is 111 Å². The van der Waals surface area contributed by atoms with Gasteiger partial charge in [0.05, 0.1) is 12.7 Å². The SMILES string of the molecule is Cc1cc(C)c(C2OCC(C)(C)NC2C)c(C)c1. The second kappa shape index (κ2) is 4.67. The first kappa shape index (κ1) is 13.6. The van der Waals surface area contributed by atoms with Crippen molar-refractivity contribution in [3.05, 3.63) is 34.4 Å². The van der Waals surface area contributed by atoms with E-state index in [1.165, 1.54) is 22.3 Å². The molecule has 18 heavy (non-hydrogen) atoms. The molecule has 0 bridgehead atoms. The fraction of sp³-hybridized carbons (Fsp3) is 0.625. The second-order valence-electron chi connectivity index (χ2n) is 6.36. The summed E-state index contributed by atoms with van der Waals surface area (Å²) in [6, 6.07) is 4.84. The minimum atomic E-state index is 0.0718. The summed E-state index contributed by atoms with van der Waals surface area (Å²) in [6.07, 6.45) is 0.165. The van der Waals surface area contributed by atoms with Crippen LogP contribution in [0.4, 0.5) is 0 Å². The zero-order chi connectivity index (χ0) is 13.5. The Morgan fingerprint density at radius 3 is 2.22 bits per heavy atom. The predicted molar refractivity (Wildman–Crippen MR) is 76.0 cm³/mol. The van der Waals surface area contributed by atoms with Gasteiger partial charge in [0.1, 0.15) is 0 Å².